The molecule has 0 aliphatic carbocycles. The van der Waals surface area contributed by atoms with Gasteiger partial charge < -0.3 is 20.3 Å². The van der Waals surface area contributed by atoms with Crippen molar-refractivity contribution in [2.75, 3.05) is 18.5 Å². The Morgan fingerprint density at radius 1 is 1.48 bits per heavy atom. The number of fused-ring (bicyclic) bond motifs is 1. The second kappa shape index (κ2) is 6.52. The van der Waals surface area contributed by atoms with Gasteiger partial charge in [-0.1, -0.05) is 6.92 Å². The largest absolute Gasteiger partial charge is 0.394 e. The molecular weight excluding hydrogens is 329 g/mol. The molecule has 23 heavy (non-hydrogen) atoms. The highest BCUT2D eigenvalue weighted by Gasteiger charge is 2.45. The molecule has 0 aromatic carbocycles. The van der Waals surface area contributed by atoms with Crippen molar-refractivity contribution in [1.29, 1.82) is 0 Å². The Hall–Kier alpha value is -1.55. The summed E-state index contributed by atoms with van der Waals surface area (Å²) in [5.74, 6) is 0.452. The first-order valence-corrected chi connectivity index (χ1v) is 7.67. The van der Waals surface area contributed by atoms with Crippen molar-refractivity contribution < 1.29 is 19.3 Å². The van der Waals surface area contributed by atoms with E-state index < -0.39 is 31.2 Å². The van der Waals surface area contributed by atoms with Gasteiger partial charge in [0.25, 0.3) is 0 Å². The van der Waals surface area contributed by atoms with E-state index in [0.717, 1.165) is 6.42 Å². The number of ether oxygens (including phenoxy) is 1. The van der Waals surface area contributed by atoms with Gasteiger partial charge in [-0.25, -0.2) is 9.37 Å². The molecule has 0 unspecified atom stereocenters. The Morgan fingerprint density at radius 3 is 2.91 bits per heavy atom. The Morgan fingerprint density at radius 2 is 2.26 bits per heavy atom. The lowest BCUT2D eigenvalue weighted by atomic mass is 10.1. The molecule has 1 aliphatic heterocycles. The molecule has 4 atom stereocenters. The van der Waals surface area contributed by atoms with E-state index in [4.69, 9.17) is 21.4 Å². The third-order valence-corrected chi connectivity index (χ3v) is 3.85. The lowest BCUT2D eigenvalue weighted by molar-refractivity contribution is -0.0459. The minimum atomic E-state index is -1.72. The second-order valence-corrected chi connectivity index (χ2v) is 5.61. The third-order valence-electron chi connectivity index (χ3n) is 3.68. The van der Waals surface area contributed by atoms with Gasteiger partial charge in [-0.2, -0.15) is 9.97 Å². The summed E-state index contributed by atoms with van der Waals surface area (Å²) in [7, 11) is 0. The molecule has 1 saturated heterocycles. The lowest BCUT2D eigenvalue weighted by Crippen LogP contribution is -2.30. The molecule has 2 aromatic heterocycles. The maximum atomic E-state index is 14.3. The standard InChI is InChI=1S/C13H17ClFN5O3/c1-2-3-16-10-8-11(19-13(14)18-10)20(5-17-8)12-7(15)9(22)6(4-21)23-12/h5-7,9,12,21-22H,2-4H2,1H3,(H,16,18,19)/t6-,7+,9-,12-/m1/s1. The molecular formula is C13H17ClFN5O3. The molecule has 0 spiro atoms. The smallest absolute Gasteiger partial charge is 0.226 e. The van der Waals surface area contributed by atoms with E-state index in [-0.39, 0.29) is 5.28 Å². The first-order valence-electron chi connectivity index (χ1n) is 7.29. The van der Waals surface area contributed by atoms with Crippen molar-refractivity contribution in [3.8, 4) is 0 Å². The maximum absolute atomic E-state index is 14.3. The molecule has 0 bridgehead atoms. The number of nitrogens with one attached hydrogen (secondary N) is 1. The van der Waals surface area contributed by atoms with Crippen molar-refractivity contribution in [2.45, 2.75) is 38.0 Å². The number of hydrogen-bond donors (Lipinski definition) is 3. The molecule has 3 heterocycles. The van der Waals surface area contributed by atoms with Crippen LogP contribution < -0.4 is 5.32 Å². The van der Waals surface area contributed by atoms with Crippen molar-refractivity contribution in [2.24, 2.45) is 0 Å². The number of hydrogen-bond acceptors (Lipinski definition) is 7. The van der Waals surface area contributed by atoms with Crippen LogP contribution in [0.5, 0.6) is 0 Å². The summed E-state index contributed by atoms with van der Waals surface area (Å²) in [5, 5.41) is 22.0. The molecule has 0 amide bonds. The predicted molar refractivity (Wildman–Crippen MR) is 81.0 cm³/mol. The second-order valence-electron chi connectivity index (χ2n) is 5.27. The zero-order chi connectivity index (χ0) is 16.6. The average molecular weight is 346 g/mol. The van der Waals surface area contributed by atoms with Gasteiger partial charge in [-0.3, -0.25) is 4.57 Å². The molecule has 0 saturated carbocycles. The lowest BCUT2D eigenvalue weighted by Gasteiger charge is -2.15. The van der Waals surface area contributed by atoms with Gasteiger partial charge in [0.05, 0.1) is 12.9 Å². The zero-order valence-corrected chi connectivity index (χ0v) is 13.1. The average Bonchev–Trinajstić information content (AvgIpc) is 3.07. The summed E-state index contributed by atoms with van der Waals surface area (Å²) in [6.45, 7) is 2.19. The summed E-state index contributed by atoms with van der Waals surface area (Å²) in [6.07, 6.45) is -3.04. The number of aliphatic hydroxyl groups excluding tert-OH is 2. The molecule has 1 fully saturated rings. The fourth-order valence-electron chi connectivity index (χ4n) is 2.52. The monoisotopic (exact) mass is 345 g/mol. The number of alkyl halides is 1. The number of halogens is 2. The van der Waals surface area contributed by atoms with E-state index >= 15 is 0 Å². The number of aromatic nitrogens is 4. The van der Waals surface area contributed by atoms with Crippen LogP contribution in [0.4, 0.5) is 10.2 Å². The third kappa shape index (κ3) is 2.85. The number of imidazole rings is 1. The van der Waals surface area contributed by atoms with Gasteiger partial charge in [-0.15, -0.1) is 0 Å². The molecule has 8 nitrogen and oxygen atoms in total. The predicted octanol–water partition coefficient (Wildman–Crippen LogP) is 0.890. The van der Waals surface area contributed by atoms with Crippen LogP contribution in [0.25, 0.3) is 11.2 Å². The first-order chi connectivity index (χ1) is 11.1. The van der Waals surface area contributed by atoms with Crippen molar-refractivity contribution in [3.63, 3.8) is 0 Å². The normalized spacial score (nSPS) is 27.7. The van der Waals surface area contributed by atoms with Crippen LogP contribution in [0.1, 0.15) is 19.6 Å². The van der Waals surface area contributed by atoms with Gasteiger partial charge in [0.15, 0.2) is 29.4 Å². The van der Waals surface area contributed by atoms with E-state index in [2.05, 4.69) is 20.3 Å². The van der Waals surface area contributed by atoms with Gasteiger partial charge >= 0.3 is 0 Å². The fraction of sp³-hybridized carbons (Fsp3) is 0.615. The van der Waals surface area contributed by atoms with Crippen LogP contribution in [-0.4, -0.2) is 61.3 Å². The van der Waals surface area contributed by atoms with Crippen molar-refractivity contribution in [3.05, 3.63) is 11.6 Å². The summed E-state index contributed by atoms with van der Waals surface area (Å²) < 4.78 is 21.0. The van der Waals surface area contributed by atoms with E-state index in [1.165, 1.54) is 10.9 Å². The van der Waals surface area contributed by atoms with Gasteiger partial charge in [0, 0.05) is 6.54 Å². The maximum Gasteiger partial charge on any atom is 0.226 e. The van der Waals surface area contributed by atoms with Gasteiger partial charge in [0.1, 0.15) is 12.2 Å². The minimum absolute atomic E-state index is 0.00878. The van der Waals surface area contributed by atoms with Gasteiger partial charge in [-0.05, 0) is 18.0 Å². The van der Waals surface area contributed by atoms with Crippen LogP contribution in [0.3, 0.4) is 0 Å². The van der Waals surface area contributed by atoms with E-state index in [9.17, 15) is 9.50 Å². The number of aliphatic hydroxyl groups is 2. The summed E-state index contributed by atoms with van der Waals surface area (Å²) in [4.78, 5) is 12.4. The Bertz CT molecular complexity index is 700. The Kier molecular flexibility index (Phi) is 4.62. The quantitative estimate of drug-likeness (QED) is 0.691. The SMILES string of the molecule is CCCNc1nc(Cl)nc2c1ncn2[C@@H]1O[C@H](CO)[C@@H](O)[C@@H]1F. The molecule has 10 heteroatoms. The van der Waals surface area contributed by atoms with Crippen molar-refractivity contribution >= 4 is 28.6 Å². The topological polar surface area (TPSA) is 105 Å². The van der Waals surface area contributed by atoms with E-state index in [0.29, 0.717) is 23.5 Å². The van der Waals surface area contributed by atoms with Crippen molar-refractivity contribution in [1.82, 2.24) is 19.5 Å². The Balaban J connectivity index is 2.01. The van der Waals surface area contributed by atoms with E-state index in [1.807, 2.05) is 6.92 Å². The molecule has 2 aromatic rings. The van der Waals surface area contributed by atoms with Crippen LogP contribution in [0.15, 0.2) is 6.33 Å². The molecule has 3 N–H and O–H groups in total. The number of rotatable bonds is 5. The first kappa shape index (κ1) is 16.3. The van der Waals surface area contributed by atoms with E-state index in [1.54, 1.807) is 0 Å². The van der Waals surface area contributed by atoms with Crippen LogP contribution >= 0.6 is 11.6 Å². The number of nitrogens with zero attached hydrogens (tertiary/aromatic N) is 4. The minimum Gasteiger partial charge on any atom is -0.394 e. The highest BCUT2D eigenvalue weighted by Crippen LogP contribution is 2.34. The number of anilines is 1. The van der Waals surface area contributed by atoms with Crippen LogP contribution in [-0.2, 0) is 4.74 Å². The molecule has 3 rings (SSSR count). The highest BCUT2D eigenvalue weighted by molar-refractivity contribution is 6.28. The van der Waals surface area contributed by atoms with Crippen LogP contribution in [0.2, 0.25) is 5.28 Å². The summed E-state index contributed by atoms with van der Waals surface area (Å²) in [5.41, 5.74) is 0.725. The summed E-state index contributed by atoms with van der Waals surface area (Å²) >= 11 is 5.93. The highest BCUT2D eigenvalue weighted by atomic mass is 35.5. The molecule has 0 radical (unpaired) electrons. The zero-order valence-electron chi connectivity index (χ0n) is 12.4. The fourth-order valence-corrected chi connectivity index (χ4v) is 2.69. The van der Waals surface area contributed by atoms with Crippen LogP contribution in [0, 0.1) is 0 Å². The Labute approximate surface area is 136 Å². The molecule has 126 valence electrons. The summed E-state index contributed by atoms with van der Waals surface area (Å²) in [6, 6.07) is 0. The van der Waals surface area contributed by atoms with Gasteiger partial charge in [0.2, 0.25) is 5.28 Å². The molecule has 1 aliphatic rings.